The van der Waals surface area contributed by atoms with Crippen LogP contribution in [0.25, 0.3) is 12.2 Å². The van der Waals surface area contributed by atoms with Crippen LogP contribution in [0.15, 0.2) is 60.7 Å². The Morgan fingerprint density at radius 2 is 1.75 bits per heavy atom. The molecule has 3 aromatic rings. The number of nitrogens with zero attached hydrogens (tertiary/aromatic N) is 3. The molecule has 1 aromatic heterocycles. The van der Waals surface area contributed by atoms with Gasteiger partial charge in [0, 0.05) is 24.8 Å². The number of hydrogen-bond donors (Lipinski definition) is 0. The zero-order valence-corrected chi connectivity index (χ0v) is 16.2. The first-order chi connectivity index (χ1) is 13.8. The molecule has 1 saturated heterocycles. The molecule has 0 N–H and O–H groups in total. The Labute approximate surface area is 166 Å². The van der Waals surface area contributed by atoms with Crippen LogP contribution in [0.5, 0.6) is 5.75 Å². The number of hydrogen-bond acceptors (Lipinski definition) is 4. The fraction of sp³-hybridized carbons (Fsp3) is 0.250. The molecule has 1 fully saturated rings. The molecule has 4 heteroatoms. The number of anilines is 1. The third-order valence-corrected chi connectivity index (χ3v) is 4.82. The first-order valence-corrected chi connectivity index (χ1v) is 9.82. The molecule has 2 heterocycles. The topological polar surface area (TPSA) is 38.2 Å². The molecule has 1 aliphatic heterocycles. The van der Waals surface area contributed by atoms with Crippen LogP contribution >= 0.6 is 0 Å². The molecule has 28 heavy (non-hydrogen) atoms. The van der Waals surface area contributed by atoms with E-state index in [-0.39, 0.29) is 0 Å². The van der Waals surface area contributed by atoms with Crippen molar-refractivity contribution in [2.24, 2.45) is 0 Å². The SMILES string of the molecule is Cc1cc(N2CCCC2)nc(/C=C/c2cccc(OCc3ccccc3)c2)n1. The second-order valence-corrected chi connectivity index (χ2v) is 7.10. The van der Waals surface area contributed by atoms with E-state index in [0.29, 0.717) is 6.61 Å². The van der Waals surface area contributed by atoms with Gasteiger partial charge in [-0.1, -0.05) is 48.5 Å². The molecule has 0 amide bonds. The van der Waals surface area contributed by atoms with Crippen molar-refractivity contribution in [2.75, 3.05) is 18.0 Å². The summed E-state index contributed by atoms with van der Waals surface area (Å²) in [5.41, 5.74) is 3.22. The van der Waals surface area contributed by atoms with Gasteiger partial charge in [-0.3, -0.25) is 0 Å². The monoisotopic (exact) mass is 371 g/mol. The van der Waals surface area contributed by atoms with Crippen molar-refractivity contribution >= 4 is 18.0 Å². The second kappa shape index (κ2) is 8.70. The van der Waals surface area contributed by atoms with Crippen LogP contribution in [-0.4, -0.2) is 23.1 Å². The Morgan fingerprint density at radius 1 is 0.929 bits per heavy atom. The number of ether oxygens (including phenoxy) is 1. The standard InChI is InChI=1S/C24H25N3O/c1-19-16-24(27-14-5-6-15-27)26-23(25-19)13-12-20-10-7-11-22(17-20)28-18-21-8-3-2-4-9-21/h2-4,7-13,16-17H,5-6,14-15,18H2,1H3/b13-12+. The van der Waals surface area contributed by atoms with Gasteiger partial charge in [-0.05, 0) is 49.1 Å². The molecule has 0 saturated carbocycles. The van der Waals surface area contributed by atoms with Crippen LogP contribution < -0.4 is 9.64 Å². The summed E-state index contributed by atoms with van der Waals surface area (Å²) in [6, 6.07) is 20.3. The van der Waals surface area contributed by atoms with Gasteiger partial charge in [-0.25, -0.2) is 9.97 Å². The van der Waals surface area contributed by atoms with Crippen LogP contribution in [-0.2, 0) is 6.61 Å². The molecule has 142 valence electrons. The summed E-state index contributed by atoms with van der Waals surface area (Å²) in [5.74, 6) is 2.64. The predicted octanol–water partition coefficient (Wildman–Crippen LogP) is 5.13. The maximum atomic E-state index is 5.92. The summed E-state index contributed by atoms with van der Waals surface area (Å²) >= 11 is 0. The quantitative estimate of drug-likeness (QED) is 0.602. The lowest BCUT2D eigenvalue weighted by molar-refractivity contribution is 0.306. The Morgan fingerprint density at radius 3 is 2.57 bits per heavy atom. The van der Waals surface area contributed by atoms with E-state index in [4.69, 9.17) is 9.72 Å². The van der Waals surface area contributed by atoms with Crippen molar-refractivity contribution in [2.45, 2.75) is 26.4 Å². The summed E-state index contributed by atoms with van der Waals surface area (Å²) in [4.78, 5) is 11.6. The van der Waals surface area contributed by atoms with Gasteiger partial charge >= 0.3 is 0 Å². The third-order valence-electron chi connectivity index (χ3n) is 4.82. The van der Waals surface area contributed by atoms with Gasteiger partial charge in [-0.15, -0.1) is 0 Å². The third kappa shape index (κ3) is 4.77. The lowest BCUT2D eigenvalue weighted by Gasteiger charge is -2.16. The van der Waals surface area contributed by atoms with E-state index in [0.717, 1.165) is 47.3 Å². The minimum Gasteiger partial charge on any atom is -0.489 e. The Balaban J connectivity index is 1.46. The van der Waals surface area contributed by atoms with Gasteiger partial charge in [0.15, 0.2) is 5.82 Å². The van der Waals surface area contributed by atoms with Crippen LogP contribution in [0.4, 0.5) is 5.82 Å². The Kier molecular flexibility index (Phi) is 5.66. The highest BCUT2D eigenvalue weighted by Crippen LogP contribution is 2.20. The average Bonchev–Trinajstić information content (AvgIpc) is 3.27. The fourth-order valence-corrected chi connectivity index (χ4v) is 3.38. The number of aromatic nitrogens is 2. The normalized spacial score (nSPS) is 14.0. The molecule has 4 rings (SSSR count). The summed E-state index contributed by atoms with van der Waals surface area (Å²) in [7, 11) is 0. The van der Waals surface area contributed by atoms with E-state index < -0.39 is 0 Å². The molecule has 0 atom stereocenters. The van der Waals surface area contributed by atoms with Crippen LogP contribution in [0, 0.1) is 6.92 Å². The average molecular weight is 371 g/mol. The van der Waals surface area contributed by atoms with Crippen molar-refractivity contribution in [3.8, 4) is 5.75 Å². The lowest BCUT2D eigenvalue weighted by atomic mass is 10.2. The number of aryl methyl sites for hydroxylation is 1. The van der Waals surface area contributed by atoms with Crippen molar-refractivity contribution in [1.29, 1.82) is 0 Å². The molecule has 0 spiro atoms. The molecular formula is C24H25N3O. The van der Waals surface area contributed by atoms with E-state index in [1.54, 1.807) is 0 Å². The molecule has 1 aliphatic rings. The van der Waals surface area contributed by atoms with E-state index in [1.165, 1.54) is 12.8 Å². The molecule has 4 nitrogen and oxygen atoms in total. The van der Waals surface area contributed by atoms with Gasteiger partial charge in [0.1, 0.15) is 18.2 Å². The highest BCUT2D eigenvalue weighted by molar-refractivity contribution is 5.68. The molecule has 0 aliphatic carbocycles. The van der Waals surface area contributed by atoms with E-state index in [9.17, 15) is 0 Å². The summed E-state index contributed by atoms with van der Waals surface area (Å²) in [5, 5.41) is 0. The summed E-state index contributed by atoms with van der Waals surface area (Å²) in [6.45, 7) is 4.76. The van der Waals surface area contributed by atoms with Gasteiger partial charge in [0.05, 0.1) is 0 Å². The maximum Gasteiger partial charge on any atom is 0.154 e. The second-order valence-electron chi connectivity index (χ2n) is 7.10. The van der Waals surface area contributed by atoms with E-state index >= 15 is 0 Å². The summed E-state index contributed by atoms with van der Waals surface area (Å²) in [6.07, 6.45) is 6.49. The van der Waals surface area contributed by atoms with Crippen molar-refractivity contribution in [3.63, 3.8) is 0 Å². The highest BCUT2D eigenvalue weighted by Gasteiger charge is 2.14. The first-order valence-electron chi connectivity index (χ1n) is 9.82. The molecule has 2 aromatic carbocycles. The minimum absolute atomic E-state index is 0.564. The van der Waals surface area contributed by atoms with Gasteiger partial charge < -0.3 is 9.64 Å². The predicted molar refractivity (Wildman–Crippen MR) is 114 cm³/mol. The molecule has 0 unspecified atom stereocenters. The van der Waals surface area contributed by atoms with Gasteiger partial charge in [0.2, 0.25) is 0 Å². The van der Waals surface area contributed by atoms with Crippen molar-refractivity contribution < 1.29 is 4.74 Å². The zero-order valence-electron chi connectivity index (χ0n) is 16.2. The fourth-order valence-electron chi connectivity index (χ4n) is 3.38. The van der Waals surface area contributed by atoms with Gasteiger partial charge in [-0.2, -0.15) is 0 Å². The Hall–Kier alpha value is -3.14. The lowest BCUT2D eigenvalue weighted by Crippen LogP contribution is -2.19. The number of rotatable bonds is 6. The number of benzene rings is 2. The molecule has 0 bridgehead atoms. The van der Waals surface area contributed by atoms with Crippen molar-refractivity contribution in [1.82, 2.24) is 9.97 Å². The van der Waals surface area contributed by atoms with Crippen LogP contribution in [0.3, 0.4) is 0 Å². The smallest absolute Gasteiger partial charge is 0.154 e. The van der Waals surface area contributed by atoms with Crippen molar-refractivity contribution in [3.05, 3.63) is 83.3 Å². The van der Waals surface area contributed by atoms with Crippen LogP contribution in [0.1, 0.15) is 35.5 Å². The van der Waals surface area contributed by atoms with E-state index in [1.807, 2.05) is 55.5 Å². The molecule has 0 radical (unpaired) electrons. The maximum absolute atomic E-state index is 5.92. The van der Waals surface area contributed by atoms with Gasteiger partial charge in [0.25, 0.3) is 0 Å². The first kappa shape index (κ1) is 18.2. The molecular weight excluding hydrogens is 346 g/mol. The zero-order chi connectivity index (χ0) is 19.2. The minimum atomic E-state index is 0.564. The van der Waals surface area contributed by atoms with Crippen LogP contribution in [0.2, 0.25) is 0 Å². The van der Waals surface area contributed by atoms with E-state index in [2.05, 4.69) is 34.1 Å². The summed E-state index contributed by atoms with van der Waals surface area (Å²) < 4.78 is 5.92. The highest BCUT2D eigenvalue weighted by atomic mass is 16.5. The largest absolute Gasteiger partial charge is 0.489 e. The Bertz CT molecular complexity index is 947.